The SMILES string of the molecule is c1ccc(-c2ccc(N(c3ccccc3)c3ccc(-c4nc(-c5ccccc5)nc(-c5ccc6c(c5)C(c5ccccc5)(c5ccccc5)c5ccccc5-6)n4)c4oc5ccccc5c34)cc2)cc1. The van der Waals surface area contributed by atoms with E-state index in [0.717, 1.165) is 55.7 Å². The van der Waals surface area contributed by atoms with Crippen LogP contribution < -0.4 is 4.90 Å². The number of fused-ring (bicyclic) bond motifs is 6. The Bertz CT molecular complexity index is 3780. The third-order valence-corrected chi connectivity index (χ3v) is 13.6. The molecule has 1 aliphatic carbocycles. The molecule has 10 aromatic carbocycles. The topological polar surface area (TPSA) is 55.1 Å². The molecule has 0 aliphatic heterocycles. The molecule has 0 amide bonds. The van der Waals surface area contributed by atoms with Gasteiger partial charge in [0.05, 0.1) is 22.1 Å². The summed E-state index contributed by atoms with van der Waals surface area (Å²) in [5.41, 5.74) is 16.1. The lowest BCUT2D eigenvalue weighted by Gasteiger charge is -2.34. The molecular weight excluding hydrogens is 841 g/mol. The second-order valence-electron chi connectivity index (χ2n) is 17.5. The average molecular weight is 883 g/mol. The molecule has 5 nitrogen and oxygen atoms in total. The van der Waals surface area contributed by atoms with E-state index in [1.54, 1.807) is 0 Å². The minimum absolute atomic E-state index is 0.522. The van der Waals surface area contributed by atoms with Crippen molar-refractivity contribution in [1.82, 2.24) is 15.0 Å². The first-order valence-corrected chi connectivity index (χ1v) is 23.3. The summed E-state index contributed by atoms with van der Waals surface area (Å²) in [6, 6.07) is 89.8. The number of hydrogen-bond acceptors (Lipinski definition) is 5. The maximum atomic E-state index is 6.96. The summed E-state index contributed by atoms with van der Waals surface area (Å²) in [6.45, 7) is 0. The van der Waals surface area contributed by atoms with Crippen molar-refractivity contribution in [2.24, 2.45) is 0 Å². The second-order valence-corrected chi connectivity index (χ2v) is 17.5. The summed E-state index contributed by atoms with van der Waals surface area (Å²) >= 11 is 0. The fourth-order valence-electron chi connectivity index (χ4n) is 10.5. The smallest absolute Gasteiger partial charge is 0.167 e. The molecule has 0 spiro atoms. The van der Waals surface area contributed by atoms with Gasteiger partial charge >= 0.3 is 0 Å². The van der Waals surface area contributed by atoms with E-state index < -0.39 is 5.41 Å². The van der Waals surface area contributed by atoms with E-state index in [1.807, 2.05) is 36.4 Å². The van der Waals surface area contributed by atoms with Crippen molar-refractivity contribution in [3.05, 3.63) is 277 Å². The molecule has 5 heteroatoms. The molecule has 1 aliphatic rings. The predicted octanol–water partition coefficient (Wildman–Crippen LogP) is 16.3. The maximum absolute atomic E-state index is 6.96. The minimum atomic E-state index is -0.578. The fourth-order valence-corrected chi connectivity index (χ4v) is 10.5. The van der Waals surface area contributed by atoms with Gasteiger partial charge in [0.2, 0.25) is 0 Å². The van der Waals surface area contributed by atoms with Gasteiger partial charge in [0.1, 0.15) is 11.2 Å². The molecule has 13 rings (SSSR count). The highest BCUT2D eigenvalue weighted by Crippen LogP contribution is 2.57. The first-order valence-electron chi connectivity index (χ1n) is 23.3. The van der Waals surface area contributed by atoms with Gasteiger partial charge < -0.3 is 9.32 Å². The highest BCUT2D eigenvalue weighted by molar-refractivity contribution is 6.16. The largest absolute Gasteiger partial charge is 0.455 e. The zero-order valence-electron chi connectivity index (χ0n) is 37.4. The summed E-state index contributed by atoms with van der Waals surface area (Å²) in [7, 11) is 0. The van der Waals surface area contributed by atoms with Crippen LogP contribution in [-0.2, 0) is 5.41 Å². The molecule has 0 atom stereocenters. The van der Waals surface area contributed by atoms with E-state index in [0.29, 0.717) is 23.1 Å². The summed E-state index contributed by atoms with van der Waals surface area (Å²) in [5.74, 6) is 1.68. The lowest BCUT2D eigenvalue weighted by atomic mass is 9.67. The number of para-hydroxylation sites is 2. The predicted molar refractivity (Wildman–Crippen MR) is 281 cm³/mol. The lowest BCUT2D eigenvalue weighted by molar-refractivity contribution is 0.669. The van der Waals surface area contributed by atoms with E-state index in [2.05, 4.69) is 223 Å². The number of furan rings is 1. The van der Waals surface area contributed by atoms with Gasteiger partial charge in [-0.3, -0.25) is 0 Å². The van der Waals surface area contributed by atoms with Crippen LogP contribution in [0.25, 0.3) is 78.4 Å². The molecular formula is C64H42N4O. The van der Waals surface area contributed by atoms with Gasteiger partial charge in [0.25, 0.3) is 0 Å². The van der Waals surface area contributed by atoms with Gasteiger partial charge in [-0.05, 0) is 93.0 Å². The molecule has 0 saturated heterocycles. The minimum Gasteiger partial charge on any atom is -0.455 e. The van der Waals surface area contributed by atoms with Crippen molar-refractivity contribution in [1.29, 1.82) is 0 Å². The summed E-state index contributed by atoms with van der Waals surface area (Å²) in [6.07, 6.45) is 0. The van der Waals surface area contributed by atoms with Crippen molar-refractivity contribution >= 4 is 39.0 Å². The number of nitrogens with zero attached hydrogens (tertiary/aromatic N) is 4. The third-order valence-electron chi connectivity index (χ3n) is 13.6. The summed E-state index contributed by atoms with van der Waals surface area (Å²) in [5, 5.41) is 1.97. The van der Waals surface area contributed by atoms with Crippen LogP contribution >= 0.6 is 0 Å². The number of anilines is 3. The first kappa shape index (κ1) is 40.1. The van der Waals surface area contributed by atoms with Crippen molar-refractivity contribution in [2.45, 2.75) is 5.41 Å². The van der Waals surface area contributed by atoms with Crippen molar-refractivity contribution < 1.29 is 4.42 Å². The Labute approximate surface area is 400 Å². The molecule has 0 bridgehead atoms. The monoisotopic (exact) mass is 882 g/mol. The Kier molecular flexibility index (Phi) is 9.65. The van der Waals surface area contributed by atoms with Crippen LogP contribution in [-0.4, -0.2) is 15.0 Å². The Morgan fingerprint density at radius 3 is 1.54 bits per heavy atom. The highest BCUT2D eigenvalue weighted by atomic mass is 16.3. The Hall–Kier alpha value is -9.19. The van der Waals surface area contributed by atoms with Crippen molar-refractivity contribution in [3.63, 3.8) is 0 Å². The Morgan fingerprint density at radius 1 is 0.348 bits per heavy atom. The van der Waals surface area contributed by atoms with E-state index >= 15 is 0 Å². The van der Waals surface area contributed by atoms with Gasteiger partial charge in [-0.1, -0.05) is 206 Å². The molecule has 69 heavy (non-hydrogen) atoms. The van der Waals surface area contributed by atoms with Gasteiger partial charge in [0, 0.05) is 27.9 Å². The van der Waals surface area contributed by atoms with Crippen LogP contribution in [0.3, 0.4) is 0 Å². The summed E-state index contributed by atoms with van der Waals surface area (Å²) < 4.78 is 6.96. The van der Waals surface area contributed by atoms with Crippen LogP contribution in [0.2, 0.25) is 0 Å². The average Bonchev–Trinajstić information content (AvgIpc) is 3.97. The van der Waals surface area contributed by atoms with E-state index in [1.165, 1.54) is 38.9 Å². The van der Waals surface area contributed by atoms with Crippen LogP contribution in [0.5, 0.6) is 0 Å². The van der Waals surface area contributed by atoms with Gasteiger partial charge in [-0.2, -0.15) is 0 Å². The van der Waals surface area contributed by atoms with Crippen molar-refractivity contribution in [2.75, 3.05) is 4.90 Å². The molecule has 0 N–H and O–H groups in total. The zero-order chi connectivity index (χ0) is 45.7. The molecule has 0 fully saturated rings. The Morgan fingerprint density at radius 2 is 0.841 bits per heavy atom. The maximum Gasteiger partial charge on any atom is 0.167 e. The van der Waals surface area contributed by atoms with Crippen LogP contribution in [0.15, 0.2) is 259 Å². The number of aromatic nitrogens is 3. The van der Waals surface area contributed by atoms with Gasteiger partial charge in [0.15, 0.2) is 17.5 Å². The molecule has 0 radical (unpaired) electrons. The molecule has 2 aromatic heterocycles. The standard InChI is InChI=1S/C64H42N4O/c1-6-20-43(21-7-1)44-34-37-50(38-35-44)68(49-28-14-5-15-29-49)57-41-40-54(60-59(57)53-31-17-19-33-58(53)69-60)63-66-61(45-22-8-2-9-23-45)65-62(67-63)46-36-39-52-51-30-16-18-32-55(51)64(56(52)42-46,47-24-10-3-11-25-47)48-26-12-4-13-27-48/h1-42H. The molecule has 0 unspecified atom stereocenters. The molecule has 2 heterocycles. The normalized spacial score (nSPS) is 12.5. The Balaban J connectivity index is 1.03. The number of rotatable bonds is 9. The van der Waals surface area contributed by atoms with Gasteiger partial charge in [-0.15, -0.1) is 0 Å². The van der Waals surface area contributed by atoms with Gasteiger partial charge in [-0.25, -0.2) is 15.0 Å². The molecule has 0 saturated carbocycles. The quantitative estimate of drug-likeness (QED) is 0.145. The second kappa shape index (κ2) is 16.6. The van der Waals surface area contributed by atoms with E-state index in [9.17, 15) is 0 Å². The van der Waals surface area contributed by atoms with E-state index in [-0.39, 0.29) is 0 Å². The number of benzene rings is 10. The first-order chi connectivity index (χ1) is 34.2. The van der Waals surface area contributed by atoms with Crippen molar-refractivity contribution in [3.8, 4) is 56.4 Å². The lowest BCUT2D eigenvalue weighted by Crippen LogP contribution is -2.28. The van der Waals surface area contributed by atoms with Crippen LogP contribution in [0.4, 0.5) is 17.1 Å². The van der Waals surface area contributed by atoms with Crippen LogP contribution in [0.1, 0.15) is 22.3 Å². The fraction of sp³-hybridized carbons (Fsp3) is 0.0156. The highest BCUT2D eigenvalue weighted by Gasteiger charge is 2.46. The molecule has 324 valence electrons. The van der Waals surface area contributed by atoms with Crippen LogP contribution in [0, 0.1) is 0 Å². The summed E-state index contributed by atoms with van der Waals surface area (Å²) in [4.78, 5) is 18.3. The molecule has 12 aromatic rings. The number of hydrogen-bond donors (Lipinski definition) is 0. The van der Waals surface area contributed by atoms with E-state index in [4.69, 9.17) is 19.4 Å². The third kappa shape index (κ3) is 6.66. The zero-order valence-corrected chi connectivity index (χ0v) is 37.4.